The van der Waals surface area contributed by atoms with Crippen LogP contribution in [0.1, 0.15) is 37.3 Å². The molecule has 1 heterocycles. The third-order valence-corrected chi connectivity index (χ3v) is 4.36. The number of halogens is 2. The lowest BCUT2D eigenvalue weighted by molar-refractivity contribution is 0.162. The number of nitrogens with zero attached hydrogens (tertiary/aromatic N) is 1. The number of piperazine rings is 1. The van der Waals surface area contributed by atoms with Crippen LogP contribution in [-0.2, 0) is 0 Å². The molecule has 116 valence electrons. The average molecular weight is 311 g/mol. The lowest BCUT2D eigenvalue weighted by Gasteiger charge is -2.35. The summed E-state index contributed by atoms with van der Waals surface area (Å²) in [5, 5.41) is 3.57. The zero-order valence-corrected chi connectivity index (χ0v) is 13.2. The van der Waals surface area contributed by atoms with Crippen LogP contribution in [0.5, 0.6) is 0 Å². The van der Waals surface area contributed by atoms with Gasteiger partial charge in [-0.05, 0) is 37.0 Å². The second-order valence-electron chi connectivity index (χ2n) is 5.55. The van der Waals surface area contributed by atoms with Gasteiger partial charge in [0, 0.05) is 32.2 Å². The van der Waals surface area contributed by atoms with Crippen molar-refractivity contribution in [2.75, 3.05) is 26.2 Å². The molecule has 2 rings (SSSR count). The highest BCUT2D eigenvalue weighted by molar-refractivity contribution is 6.30. The molecule has 0 spiro atoms. The first kappa shape index (κ1) is 16.5. The molecule has 0 aromatic heterocycles. The van der Waals surface area contributed by atoms with Crippen molar-refractivity contribution in [3.05, 3.63) is 47.3 Å². The molecule has 2 nitrogen and oxygen atoms in total. The van der Waals surface area contributed by atoms with Gasteiger partial charge in [0.2, 0.25) is 0 Å². The predicted octanol–water partition coefficient (Wildman–Crippen LogP) is 4.17. The van der Waals surface area contributed by atoms with Crippen molar-refractivity contribution >= 4 is 11.6 Å². The van der Waals surface area contributed by atoms with E-state index in [-0.39, 0.29) is 16.9 Å². The van der Waals surface area contributed by atoms with E-state index in [1.807, 2.05) is 12.1 Å². The summed E-state index contributed by atoms with van der Waals surface area (Å²) in [7, 11) is 0. The summed E-state index contributed by atoms with van der Waals surface area (Å²) in [6.07, 6.45) is 6.33. The minimum atomic E-state index is -0.319. The van der Waals surface area contributed by atoms with Crippen LogP contribution in [0.25, 0.3) is 0 Å². The molecule has 1 aliphatic heterocycles. The Kier molecular flexibility index (Phi) is 6.68. The van der Waals surface area contributed by atoms with E-state index in [2.05, 4.69) is 16.8 Å². The van der Waals surface area contributed by atoms with Gasteiger partial charge in [-0.3, -0.25) is 4.90 Å². The van der Waals surface area contributed by atoms with Crippen LogP contribution in [0.4, 0.5) is 4.39 Å². The molecule has 1 fully saturated rings. The molecule has 1 atom stereocenters. The third-order valence-electron chi connectivity index (χ3n) is 4.06. The highest BCUT2D eigenvalue weighted by atomic mass is 35.5. The molecule has 4 heteroatoms. The quantitative estimate of drug-likeness (QED) is 0.600. The molecule has 1 aromatic rings. The summed E-state index contributed by atoms with van der Waals surface area (Å²) in [5.74, 6) is -0.319. The van der Waals surface area contributed by atoms with Gasteiger partial charge in [-0.1, -0.05) is 30.2 Å². The Morgan fingerprint density at radius 1 is 1.33 bits per heavy atom. The SMILES string of the molecule is C=CCCCC[C@H](c1ccc(Cl)c(F)c1)N1CCNCC1. The van der Waals surface area contributed by atoms with Gasteiger partial charge in [0.25, 0.3) is 0 Å². The Morgan fingerprint density at radius 3 is 2.76 bits per heavy atom. The molecule has 1 N–H and O–H groups in total. The minimum absolute atomic E-state index is 0.199. The monoisotopic (exact) mass is 310 g/mol. The number of benzene rings is 1. The van der Waals surface area contributed by atoms with E-state index in [1.54, 1.807) is 12.1 Å². The molecule has 0 amide bonds. The van der Waals surface area contributed by atoms with Crippen molar-refractivity contribution in [1.29, 1.82) is 0 Å². The maximum atomic E-state index is 13.8. The van der Waals surface area contributed by atoms with Gasteiger partial charge in [-0.15, -0.1) is 6.58 Å². The Hall–Kier alpha value is -0.900. The van der Waals surface area contributed by atoms with E-state index < -0.39 is 0 Å². The number of nitrogens with one attached hydrogen (secondary N) is 1. The van der Waals surface area contributed by atoms with Crippen LogP contribution in [0.15, 0.2) is 30.9 Å². The van der Waals surface area contributed by atoms with Crippen molar-refractivity contribution < 1.29 is 4.39 Å². The fourth-order valence-corrected chi connectivity index (χ4v) is 3.02. The lowest BCUT2D eigenvalue weighted by atomic mass is 9.98. The van der Waals surface area contributed by atoms with Crippen LogP contribution in [0.3, 0.4) is 0 Å². The molecule has 0 bridgehead atoms. The van der Waals surface area contributed by atoms with E-state index in [0.29, 0.717) is 0 Å². The van der Waals surface area contributed by atoms with E-state index in [9.17, 15) is 4.39 Å². The first-order chi connectivity index (χ1) is 10.2. The van der Waals surface area contributed by atoms with E-state index >= 15 is 0 Å². The lowest BCUT2D eigenvalue weighted by Crippen LogP contribution is -2.45. The van der Waals surface area contributed by atoms with Crippen molar-refractivity contribution in [1.82, 2.24) is 10.2 Å². The molecular formula is C17H24ClFN2. The Balaban J connectivity index is 2.09. The standard InChI is InChI=1S/C17H24ClFN2/c1-2-3-4-5-6-17(21-11-9-20-10-12-21)14-7-8-15(18)16(19)13-14/h2,7-8,13,17,20H,1,3-6,9-12H2/t17-/m1/s1. The zero-order valence-electron chi connectivity index (χ0n) is 12.5. The Morgan fingerprint density at radius 2 is 2.10 bits per heavy atom. The molecule has 1 aliphatic rings. The molecule has 0 unspecified atom stereocenters. The summed E-state index contributed by atoms with van der Waals surface area (Å²) < 4.78 is 13.8. The number of hydrogen-bond donors (Lipinski definition) is 1. The molecule has 0 aliphatic carbocycles. The molecule has 1 saturated heterocycles. The van der Waals surface area contributed by atoms with E-state index in [4.69, 9.17) is 11.6 Å². The predicted molar refractivity (Wildman–Crippen MR) is 87.3 cm³/mol. The van der Waals surface area contributed by atoms with Crippen molar-refractivity contribution in [2.24, 2.45) is 0 Å². The summed E-state index contributed by atoms with van der Waals surface area (Å²) in [6.45, 7) is 7.78. The molecule has 0 radical (unpaired) electrons. The summed E-state index contributed by atoms with van der Waals surface area (Å²) in [5.41, 5.74) is 1.04. The Labute approximate surface area is 132 Å². The Bertz CT molecular complexity index is 458. The van der Waals surface area contributed by atoms with Gasteiger partial charge in [0.05, 0.1) is 5.02 Å². The fourth-order valence-electron chi connectivity index (χ4n) is 2.90. The number of hydrogen-bond acceptors (Lipinski definition) is 2. The molecule has 21 heavy (non-hydrogen) atoms. The second kappa shape index (κ2) is 8.52. The number of rotatable bonds is 7. The van der Waals surface area contributed by atoms with Gasteiger partial charge >= 0.3 is 0 Å². The van der Waals surface area contributed by atoms with Crippen LogP contribution >= 0.6 is 11.6 Å². The highest BCUT2D eigenvalue weighted by Gasteiger charge is 2.22. The van der Waals surface area contributed by atoms with Gasteiger partial charge in [-0.25, -0.2) is 4.39 Å². The summed E-state index contributed by atoms with van der Waals surface area (Å²) >= 11 is 5.81. The minimum Gasteiger partial charge on any atom is -0.314 e. The van der Waals surface area contributed by atoms with E-state index in [0.717, 1.165) is 57.4 Å². The second-order valence-corrected chi connectivity index (χ2v) is 5.96. The summed E-state index contributed by atoms with van der Waals surface area (Å²) in [6, 6.07) is 5.52. The first-order valence-corrected chi connectivity index (χ1v) is 8.11. The van der Waals surface area contributed by atoms with Gasteiger partial charge < -0.3 is 5.32 Å². The van der Waals surface area contributed by atoms with Gasteiger partial charge in [0.1, 0.15) is 5.82 Å². The number of unbranched alkanes of at least 4 members (excludes halogenated alkanes) is 2. The topological polar surface area (TPSA) is 15.3 Å². The van der Waals surface area contributed by atoms with Gasteiger partial charge in [0.15, 0.2) is 0 Å². The van der Waals surface area contributed by atoms with Crippen LogP contribution in [0.2, 0.25) is 5.02 Å². The maximum Gasteiger partial charge on any atom is 0.142 e. The normalized spacial score (nSPS) is 17.6. The van der Waals surface area contributed by atoms with Crippen molar-refractivity contribution in [3.8, 4) is 0 Å². The van der Waals surface area contributed by atoms with Gasteiger partial charge in [-0.2, -0.15) is 0 Å². The summed E-state index contributed by atoms with van der Waals surface area (Å²) in [4.78, 5) is 2.45. The van der Waals surface area contributed by atoms with Crippen LogP contribution < -0.4 is 5.32 Å². The first-order valence-electron chi connectivity index (χ1n) is 7.73. The van der Waals surface area contributed by atoms with Crippen molar-refractivity contribution in [2.45, 2.75) is 31.7 Å². The maximum absolute atomic E-state index is 13.8. The molecular weight excluding hydrogens is 287 g/mol. The third kappa shape index (κ3) is 4.80. The molecule has 0 saturated carbocycles. The van der Waals surface area contributed by atoms with Crippen LogP contribution in [0, 0.1) is 5.82 Å². The zero-order chi connectivity index (χ0) is 15.1. The van der Waals surface area contributed by atoms with E-state index in [1.165, 1.54) is 0 Å². The van der Waals surface area contributed by atoms with Crippen molar-refractivity contribution in [3.63, 3.8) is 0 Å². The molecule has 1 aromatic carbocycles. The highest BCUT2D eigenvalue weighted by Crippen LogP contribution is 2.29. The smallest absolute Gasteiger partial charge is 0.142 e. The average Bonchev–Trinajstić information content (AvgIpc) is 2.51. The number of allylic oxidation sites excluding steroid dienone is 1. The largest absolute Gasteiger partial charge is 0.314 e. The van der Waals surface area contributed by atoms with Crippen LogP contribution in [-0.4, -0.2) is 31.1 Å². The fraction of sp³-hybridized carbons (Fsp3) is 0.529.